The van der Waals surface area contributed by atoms with Gasteiger partial charge in [0.05, 0.1) is 12.1 Å². The van der Waals surface area contributed by atoms with Crippen LogP contribution in [-0.4, -0.2) is 38.5 Å². The molecule has 0 rings (SSSR count). The third kappa shape index (κ3) is 63.7. The summed E-state index contributed by atoms with van der Waals surface area (Å²) in [5.41, 5.74) is 0. The third-order valence-corrected chi connectivity index (χ3v) is 0.632. The molecule has 0 heterocycles. The number of carbonyl (C=O) groups is 3. The van der Waals surface area contributed by atoms with Gasteiger partial charge in [0.15, 0.2) is 0 Å². The second kappa shape index (κ2) is 15.3. The molecule has 0 amide bonds. The van der Waals surface area contributed by atoms with Crippen molar-refractivity contribution in [2.75, 3.05) is 0 Å². The maximum atomic E-state index is 9.58. The minimum Gasteiger partial charge on any atom is -0.672 e. The molecule has 0 aliphatic heterocycles. The normalized spacial score (nSPS) is 8.94. The van der Waals surface area contributed by atoms with Crippen molar-refractivity contribution < 1.29 is 71.0 Å². The fourth-order valence-corrected chi connectivity index (χ4v) is 0.241. The monoisotopic (exact) mass is 324 g/mol. The van der Waals surface area contributed by atoms with E-state index in [4.69, 9.17) is 34.2 Å². The summed E-state index contributed by atoms with van der Waals surface area (Å²) in [6, 6.07) is 0. The summed E-state index contributed by atoms with van der Waals surface area (Å²) < 4.78 is 8.52. The zero-order valence-electron chi connectivity index (χ0n) is 8.17. The van der Waals surface area contributed by atoms with Crippen molar-refractivity contribution in [1.29, 1.82) is 0 Å². The number of hydrogen-bond acceptors (Lipinski definition) is 11. The first-order chi connectivity index (χ1) is 7.50. The second-order valence-electron chi connectivity index (χ2n) is 1.91. The molecule has 0 aromatic heterocycles. The molecule has 1 atom stereocenters. The van der Waals surface area contributed by atoms with E-state index in [1.165, 1.54) is 0 Å². The molecule has 0 aromatic carbocycles. The van der Waals surface area contributed by atoms with Crippen LogP contribution >= 0.6 is 0 Å². The average molecular weight is 324 g/mol. The SMILES string of the molecule is O=C([O-])CC(O)C(=O)[O-].O=C([O-])[O-].O=[Si]([O-])[O-].[Fe+2]. The number of carboxylic acids is 2. The van der Waals surface area contributed by atoms with E-state index in [0.29, 0.717) is 0 Å². The van der Waals surface area contributed by atoms with Gasteiger partial charge in [-0.2, -0.15) is 0 Å². The molecule has 0 aliphatic rings. The molecule has 0 spiro atoms. The fourth-order valence-electron chi connectivity index (χ4n) is 0.241. The van der Waals surface area contributed by atoms with Crippen molar-refractivity contribution >= 4 is 27.3 Å². The Morgan fingerprint density at radius 3 is 1.33 bits per heavy atom. The average Bonchev–Trinajstić information content (AvgIpc) is 1.99. The zero-order chi connectivity index (χ0) is 14.6. The summed E-state index contributed by atoms with van der Waals surface area (Å²) >= 11 is 0. The van der Waals surface area contributed by atoms with Crippen molar-refractivity contribution in [1.82, 2.24) is 0 Å². The smallest absolute Gasteiger partial charge is 0.672 e. The molecule has 18 heavy (non-hydrogen) atoms. The first-order valence-electron chi connectivity index (χ1n) is 3.35. The van der Waals surface area contributed by atoms with Gasteiger partial charge in [-0.05, 0) is 6.16 Å². The number of aliphatic hydroxyl groups is 1. The molecule has 0 saturated heterocycles. The topological polar surface area (TPSA) is 227 Å². The molecule has 0 fully saturated rings. The molecule has 0 bridgehead atoms. The van der Waals surface area contributed by atoms with E-state index < -0.39 is 39.8 Å². The Morgan fingerprint density at radius 2 is 1.28 bits per heavy atom. The van der Waals surface area contributed by atoms with Crippen molar-refractivity contribution in [2.24, 2.45) is 0 Å². The van der Waals surface area contributed by atoms with Gasteiger partial charge in [-0.3, -0.25) is 0 Å². The number of rotatable bonds is 3. The predicted octanol–water partition coefficient (Wildman–Crippen LogP) is -9.09. The van der Waals surface area contributed by atoms with Crippen LogP contribution in [0.5, 0.6) is 0 Å². The Bertz CT molecular complexity index is 259. The van der Waals surface area contributed by atoms with E-state index in [1.54, 1.807) is 0 Å². The third-order valence-electron chi connectivity index (χ3n) is 0.632. The summed E-state index contributed by atoms with van der Waals surface area (Å²) in [5.74, 6) is -3.43. The van der Waals surface area contributed by atoms with Gasteiger partial charge in [0, 0.05) is 21.6 Å². The van der Waals surface area contributed by atoms with E-state index in [1.807, 2.05) is 0 Å². The summed E-state index contributed by atoms with van der Waals surface area (Å²) in [7, 11) is -3.63. The molecule has 0 saturated carbocycles. The molecular formula is C5H4FeO11Si-4. The first-order valence-corrected chi connectivity index (χ1v) is 4.57. The maximum Gasteiger partial charge on any atom is 2.00 e. The van der Waals surface area contributed by atoms with Crippen LogP contribution in [0.25, 0.3) is 0 Å². The fraction of sp³-hybridized carbons (Fsp3) is 0.400. The zero-order valence-corrected chi connectivity index (χ0v) is 10.3. The molecule has 106 valence electrons. The molecule has 0 aliphatic carbocycles. The van der Waals surface area contributed by atoms with Crippen LogP contribution < -0.4 is 30.0 Å². The van der Waals surface area contributed by atoms with E-state index in [0.717, 1.165) is 0 Å². The largest absolute Gasteiger partial charge is 2.00 e. The van der Waals surface area contributed by atoms with Crippen LogP contribution in [-0.2, 0) is 31.1 Å². The van der Waals surface area contributed by atoms with Gasteiger partial charge >= 0.3 is 17.1 Å². The van der Waals surface area contributed by atoms with E-state index in [-0.39, 0.29) is 17.1 Å². The summed E-state index contributed by atoms with van der Waals surface area (Å²) in [6.07, 6.45) is -5.22. The molecular weight excluding hydrogens is 320 g/mol. The van der Waals surface area contributed by atoms with Crippen LogP contribution in [0.1, 0.15) is 6.42 Å². The minimum absolute atomic E-state index is 0. The van der Waals surface area contributed by atoms with Gasteiger partial charge in [-0.25, -0.2) is 0 Å². The van der Waals surface area contributed by atoms with E-state index in [2.05, 4.69) is 0 Å². The second-order valence-corrected chi connectivity index (χ2v) is 2.41. The molecule has 11 nitrogen and oxygen atoms in total. The van der Waals surface area contributed by atoms with Gasteiger partial charge in [-0.15, -0.1) is 0 Å². The number of aliphatic carboxylic acids is 2. The van der Waals surface area contributed by atoms with Crippen molar-refractivity contribution in [2.45, 2.75) is 12.5 Å². The summed E-state index contributed by atoms with van der Waals surface area (Å²) in [4.78, 5) is 44.5. The Labute approximate surface area is 111 Å². The molecule has 0 aromatic rings. The van der Waals surface area contributed by atoms with E-state index in [9.17, 15) is 19.8 Å². The van der Waals surface area contributed by atoms with Crippen LogP contribution in [0, 0.1) is 0 Å². The Balaban J connectivity index is -0.0000000922. The molecule has 0 radical (unpaired) electrons. The number of carboxylic acid groups (broad SMARTS) is 4. The predicted molar refractivity (Wildman–Crippen MR) is 32.5 cm³/mol. The van der Waals surface area contributed by atoms with Gasteiger partial charge < -0.3 is 54.0 Å². The van der Waals surface area contributed by atoms with E-state index >= 15 is 0 Å². The molecule has 1 N–H and O–H groups in total. The Kier molecular flexibility index (Phi) is 21.5. The molecule has 1 unspecified atom stereocenters. The van der Waals surface area contributed by atoms with Crippen LogP contribution in [0.15, 0.2) is 0 Å². The van der Waals surface area contributed by atoms with Gasteiger partial charge in [0.2, 0.25) is 0 Å². The van der Waals surface area contributed by atoms with Gasteiger partial charge in [0.1, 0.15) is 0 Å². The first kappa shape index (κ1) is 25.2. The maximum absolute atomic E-state index is 9.58. The number of aliphatic hydroxyl groups excluding tert-OH is 1. The quantitative estimate of drug-likeness (QED) is 0.479. The summed E-state index contributed by atoms with van der Waals surface area (Å²) in [5, 5.41) is 44.0. The Morgan fingerprint density at radius 1 is 1.06 bits per heavy atom. The van der Waals surface area contributed by atoms with Crippen molar-refractivity contribution in [3.05, 3.63) is 0 Å². The molecule has 13 heteroatoms. The van der Waals surface area contributed by atoms with Crippen LogP contribution in [0.2, 0.25) is 0 Å². The number of hydrogen-bond donors (Lipinski definition) is 1. The minimum atomic E-state index is -3.63. The van der Waals surface area contributed by atoms with Crippen LogP contribution in [0.4, 0.5) is 4.79 Å². The van der Waals surface area contributed by atoms with Crippen molar-refractivity contribution in [3.63, 3.8) is 0 Å². The number of carbonyl (C=O) groups excluding carboxylic acids is 3. The standard InChI is InChI=1S/C4H6O5.CH2O3.Fe.O3Si/c5-2(4(8)9)1-3(6)7;2-1(3)4;;1-4(2)3/h2,5H,1H2,(H,6,7)(H,8,9);(H2,2,3,4);;/q;;+2;-2/p-4. The van der Waals surface area contributed by atoms with Crippen LogP contribution in [0.3, 0.4) is 0 Å². The van der Waals surface area contributed by atoms with Crippen molar-refractivity contribution in [3.8, 4) is 0 Å². The van der Waals surface area contributed by atoms with Gasteiger partial charge in [0.25, 0.3) is 0 Å². The van der Waals surface area contributed by atoms with Gasteiger partial charge in [-0.1, -0.05) is 0 Å². The summed E-state index contributed by atoms with van der Waals surface area (Å²) in [6.45, 7) is 0. The Hall–Kier alpha value is -1.69.